The molecule has 16 heavy (non-hydrogen) atoms. The number of benzene rings is 1. The van der Waals surface area contributed by atoms with E-state index in [0.29, 0.717) is 5.69 Å². The van der Waals surface area contributed by atoms with Crippen molar-refractivity contribution in [3.05, 3.63) is 33.9 Å². The van der Waals surface area contributed by atoms with E-state index in [1.54, 1.807) is 0 Å². The zero-order valence-electron chi connectivity index (χ0n) is 8.34. The van der Waals surface area contributed by atoms with E-state index < -0.39 is 10.9 Å². The Morgan fingerprint density at radius 3 is 2.69 bits per heavy atom. The molecule has 2 rings (SSSR count). The summed E-state index contributed by atoms with van der Waals surface area (Å²) < 4.78 is 0. The van der Waals surface area contributed by atoms with Crippen LogP contribution in [0.1, 0.15) is 23.2 Å². The molecule has 0 aliphatic heterocycles. The molecule has 1 aromatic rings. The first-order chi connectivity index (χ1) is 7.58. The summed E-state index contributed by atoms with van der Waals surface area (Å²) >= 11 is 0. The van der Waals surface area contributed by atoms with Crippen molar-refractivity contribution in [1.29, 1.82) is 0 Å². The zero-order chi connectivity index (χ0) is 11.7. The van der Waals surface area contributed by atoms with Crippen molar-refractivity contribution in [3.8, 4) is 0 Å². The van der Waals surface area contributed by atoms with Gasteiger partial charge in [-0.05, 0) is 25.0 Å². The molecule has 2 N–H and O–H groups in total. The van der Waals surface area contributed by atoms with Crippen LogP contribution in [0.2, 0.25) is 0 Å². The second-order valence-corrected chi connectivity index (χ2v) is 3.71. The van der Waals surface area contributed by atoms with Crippen molar-refractivity contribution in [1.82, 2.24) is 0 Å². The van der Waals surface area contributed by atoms with Crippen LogP contribution in [0.15, 0.2) is 18.2 Å². The van der Waals surface area contributed by atoms with Crippen LogP contribution in [0.5, 0.6) is 0 Å². The predicted octanol–water partition coefficient (Wildman–Crippen LogP) is 1.87. The molecule has 6 heteroatoms. The van der Waals surface area contributed by atoms with Crippen LogP contribution < -0.4 is 5.32 Å². The molecule has 6 nitrogen and oxygen atoms in total. The minimum atomic E-state index is -1.17. The van der Waals surface area contributed by atoms with Crippen molar-refractivity contribution >= 4 is 17.3 Å². The van der Waals surface area contributed by atoms with Gasteiger partial charge >= 0.3 is 5.97 Å². The van der Waals surface area contributed by atoms with Crippen LogP contribution in [-0.4, -0.2) is 22.0 Å². The van der Waals surface area contributed by atoms with E-state index >= 15 is 0 Å². The summed E-state index contributed by atoms with van der Waals surface area (Å²) in [5.74, 6) is -1.17. The SMILES string of the molecule is O=C(O)c1ccc(NC2CC2)c([N+](=O)[O-])c1. The van der Waals surface area contributed by atoms with Gasteiger partial charge in [0.05, 0.1) is 10.5 Å². The van der Waals surface area contributed by atoms with Crippen LogP contribution in [-0.2, 0) is 0 Å². The Morgan fingerprint density at radius 2 is 2.19 bits per heavy atom. The van der Waals surface area contributed by atoms with Gasteiger partial charge in [-0.1, -0.05) is 0 Å². The fourth-order valence-electron chi connectivity index (χ4n) is 1.39. The number of carboxylic acid groups (broad SMARTS) is 1. The number of carbonyl (C=O) groups is 1. The Bertz CT molecular complexity index is 454. The van der Waals surface area contributed by atoms with Gasteiger partial charge in [0.1, 0.15) is 5.69 Å². The number of nitro groups is 1. The number of rotatable bonds is 4. The summed E-state index contributed by atoms with van der Waals surface area (Å²) in [5, 5.41) is 22.5. The van der Waals surface area contributed by atoms with E-state index in [-0.39, 0.29) is 17.3 Å². The smallest absolute Gasteiger partial charge is 0.335 e. The van der Waals surface area contributed by atoms with E-state index in [1.807, 2.05) is 0 Å². The maximum atomic E-state index is 10.8. The molecule has 0 bridgehead atoms. The molecule has 1 fully saturated rings. The van der Waals surface area contributed by atoms with Crippen molar-refractivity contribution in [2.24, 2.45) is 0 Å². The van der Waals surface area contributed by atoms with Crippen LogP contribution in [0.25, 0.3) is 0 Å². The Hall–Kier alpha value is -2.11. The fourth-order valence-corrected chi connectivity index (χ4v) is 1.39. The van der Waals surface area contributed by atoms with E-state index in [0.717, 1.165) is 18.9 Å². The van der Waals surface area contributed by atoms with Gasteiger partial charge in [-0.3, -0.25) is 10.1 Å². The number of hydrogen-bond acceptors (Lipinski definition) is 4. The number of hydrogen-bond donors (Lipinski definition) is 2. The van der Waals surface area contributed by atoms with Gasteiger partial charge in [0.15, 0.2) is 0 Å². The van der Waals surface area contributed by atoms with E-state index in [1.165, 1.54) is 12.1 Å². The number of carboxylic acids is 1. The quantitative estimate of drug-likeness (QED) is 0.599. The van der Waals surface area contributed by atoms with Crippen molar-refractivity contribution in [3.63, 3.8) is 0 Å². The fraction of sp³-hybridized carbons (Fsp3) is 0.300. The molecule has 0 unspecified atom stereocenters. The number of nitrogens with one attached hydrogen (secondary N) is 1. The normalized spacial score (nSPS) is 14.5. The summed E-state index contributed by atoms with van der Waals surface area (Å²) in [6.07, 6.45) is 2.00. The first-order valence-corrected chi connectivity index (χ1v) is 4.86. The molecular weight excluding hydrogens is 212 g/mol. The van der Waals surface area contributed by atoms with Crippen molar-refractivity contribution in [2.75, 3.05) is 5.32 Å². The van der Waals surface area contributed by atoms with Crippen molar-refractivity contribution < 1.29 is 14.8 Å². The topological polar surface area (TPSA) is 92.5 Å². The van der Waals surface area contributed by atoms with Gasteiger partial charge in [0.2, 0.25) is 0 Å². The molecular formula is C10H10N2O4. The summed E-state index contributed by atoms with van der Waals surface area (Å²) in [7, 11) is 0. The number of nitrogens with zero attached hydrogens (tertiary/aromatic N) is 1. The van der Waals surface area contributed by atoms with Gasteiger partial charge in [-0.15, -0.1) is 0 Å². The molecule has 0 saturated heterocycles. The predicted molar refractivity (Wildman–Crippen MR) is 56.7 cm³/mol. The van der Waals surface area contributed by atoms with Gasteiger partial charge in [0, 0.05) is 12.1 Å². The molecule has 0 amide bonds. The van der Waals surface area contributed by atoms with Crippen LogP contribution >= 0.6 is 0 Å². The second kappa shape index (κ2) is 3.80. The molecule has 0 aromatic heterocycles. The minimum absolute atomic E-state index is 0.0759. The van der Waals surface area contributed by atoms with E-state index in [2.05, 4.69) is 5.32 Å². The second-order valence-electron chi connectivity index (χ2n) is 3.71. The zero-order valence-corrected chi connectivity index (χ0v) is 8.34. The molecule has 1 aliphatic carbocycles. The summed E-state index contributed by atoms with van der Waals surface area (Å²) in [5.41, 5.74) is 0.123. The summed E-state index contributed by atoms with van der Waals surface area (Å²) in [6.45, 7) is 0. The number of nitro benzene ring substituents is 1. The number of anilines is 1. The molecule has 0 atom stereocenters. The lowest BCUT2D eigenvalue weighted by atomic mass is 10.1. The van der Waals surface area contributed by atoms with Crippen LogP contribution in [0.4, 0.5) is 11.4 Å². The molecule has 0 spiro atoms. The summed E-state index contributed by atoms with van der Waals surface area (Å²) in [6, 6.07) is 4.17. The van der Waals surface area contributed by atoms with Crippen molar-refractivity contribution in [2.45, 2.75) is 18.9 Å². The van der Waals surface area contributed by atoms with Gasteiger partial charge in [-0.2, -0.15) is 0 Å². The minimum Gasteiger partial charge on any atom is -0.478 e. The Kier molecular flexibility index (Phi) is 2.47. The van der Waals surface area contributed by atoms with Crippen LogP contribution in [0, 0.1) is 10.1 Å². The molecule has 0 radical (unpaired) electrons. The van der Waals surface area contributed by atoms with E-state index in [9.17, 15) is 14.9 Å². The van der Waals surface area contributed by atoms with Crippen LogP contribution in [0.3, 0.4) is 0 Å². The molecule has 1 saturated carbocycles. The maximum absolute atomic E-state index is 10.8. The van der Waals surface area contributed by atoms with Gasteiger partial charge in [0.25, 0.3) is 5.69 Å². The average molecular weight is 222 g/mol. The molecule has 1 aromatic carbocycles. The highest BCUT2D eigenvalue weighted by molar-refractivity contribution is 5.89. The molecule has 0 heterocycles. The van der Waals surface area contributed by atoms with E-state index in [4.69, 9.17) is 5.11 Å². The number of aromatic carboxylic acids is 1. The Labute approximate surface area is 91.0 Å². The molecule has 1 aliphatic rings. The third kappa shape index (κ3) is 2.10. The lowest BCUT2D eigenvalue weighted by Crippen LogP contribution is -2.06. The first-order valence-electron chi connectivity index (χ1n) is 4.86. The maximum Gasteiger partial charge on any atom is 0.335 e. The third-order valence-electron chi connectivity index (χ3n) is 2.38. The highest BCUT2D eigenvalue weighted by Crippen LogP contribution is 2.31. The van der Waals surface area contributed by atoms with Gasteiger partial charge < -0.3 is 10.4 Å². The standard InChI is InChI=1S/C10H10N2O4/c13-10(14)6-1-4-8(11-7-2-3-7)9(5-6)12(15)16/h1,4-5,7,11H,2-3H2,(H,13,14). The largest absolute Gasteiger partial charge is 0.478 e. The molecule has 84 valence electrons. The lowest BCUT2D eigenvalue weighted by molar-refractivity contribution is -0.384. The highest BCUT2D eigenvalue weighted by Gasteiger charge is 2.25. The highest BCUT2D eigenvalue weighted by atomic mass is 16.6. The monoisotopic (exact) mass is 222 g/mol. The first kappa shape index (κ1) is 10.4. The summed E-state index contributed by atoms with van der Waals surface area (Å²) in [4.78, 5) is 20.9. The lowest BCUT2D eigenvalue weighted by Gasteiger charge is -2.05. The average Bonchev–Trinajstić information content (AvgIpc) is 3.01. The third-order valence-corrected chi connectivity index (χ3v) is 2.38. The van der Waals surface area contributed by atoms with Gasteiger partial charge in [-0.25, -0.2) is 4.79 Å². The Balaban J connectivity index is 2.35. The Morgan fingerprint density at radius 1 is 1.50 bits per heavy atom.